The van der Waals surface area contributed by atoms with Crippen molar-refractivity contribution in [1.82, 2.24) is 10.6 Å². The van der Waals surface area contributed by atoms with Gasteiger partial charge in [-0.1, -0.05) is 0 Å². The van der Waals surface area contributed by atoms with Crippen LogP contribution in [0, 0.1) is 5.41 Å². The standard InChI is InChI=1S/C6H15N5O/c7-2-1-5(12)10-3-4-11-6(8)9/h1-4,7H2,(H,10,12)(H4,8,9,11). The molecule has 0 atom stereocenters. The summed E-state index contributed by atoms with van der Waals surface area (Å²) in [5.74, 6) is -0.175. The number of rotatable bonds is 5. The van der Waals surface area contributed by atoms with Crippen molar-refractivity contribution in [3.63, 3.8) is 0 Å². The molecule has 6 heteroatoms. The SMILES string of the molecule is N=C(N)NCCNC(=O)CCN. The third kappa shape index (κ3) is 6.81. The summed E-state index contributed by atoms with van der Waals surface area (Å²) in [5.41, 5.74) is 10.2. The van der Waals surface area contributed by atoms with Crippen molar-refractivity contribution < 1.29 is 4.79 Å². The van der Waals surface area contributed by atoms with Gasteiger partial charge in [-0.3, -0.25) is 10.2 Å². The molecular formula is C6H15N5O. The Morgan fingerprint density at radius 3 is 2.42 bits per heavy atom. The number of carbonyl (C=O) groups is 1. The van der Waals surface area contributed by atoms with E-state index in [2.05, 4.69) is 10.6 Å². The van der Waals surface area contributed by atoms with Crippen LogP contribution in [0.15, 0.2) is 0 Å². The molecule has 0 spiro atoms. The molecule has 1 amide bonds. The average molecular weight is 173 g/mol. The molecule has 0 aliphatic rings. The van der Waals surface area contributed by atoms with Gasteiger partial charge in [0.15, 0.2) is 5.96 Å². The van der Waals surface area contributed by atoms with Crippen LogP contribution in [0.4, 0.5) is 0 Å². The van der Waals surface area contributed by atoms with Crippen molar-refractivity contribution in [1.29, 1.82) is 5.41 Å². The summed E-state index contributed by atoms with van der Waals surface area (Å²) in [5, 5.41) is 12.0. The second-order valence-electron chi connectivity index (χ2n) is 2.23. The first-order valence-electron chi connectivity index (χ1n) is 3.71. The van der Waals surface area contributed by atoms with Crippen molar-refractivity contribution in [3.8, 4) is 0 Å². The molecule has 0 aromatic carbocycles. The number of hydrogen-bond donors (Lipinski definition) is 5. The van der Waals surface area contributed by atoms with Gasteiger partial charge in [-0.25, -0.2) is 0 Å². The fourth-order valence-corrected chi connectivity index (χ4v) is 0.619. The molecule has 7 N–H and O–H groups in total. The van der Waals surface area contributed by atoms with Gasteiger partial charge in [-0.15, -0.1) is 0 Å². The Bertz CT molecular complexity index is 158. The predicted octanol–water partition coefficient (Wildman–Crippen LogP) is -2.07. The number of carbonyl (C=O) groups excluding carboxylic acids is 1. The molecule has 6 nitrogen and oxygen atoms in total. The van der Waals surface area contributed by atoms with Gasteiger partial charge < -0.3 is 22.1 Å². The number of nitrogens with one attached hydrogen (secondary N) is 3. The van der Waals surface area contributed by atoms with E-state index in [-0.39, 0.29) is 11.9 Å². The van der Waals surface area contributed by atoms with Crippen LogP contribution < -0.4 is 22.1 Å². The van der Waals surface area contributed by atoms with Crippen molar-refractivity contribution >= 4 is 11.9 Å². The molecule has 0 unspecified atom stereocenters. The molecule has 0 aliphatic carbocycles. The maximum atomic E-state index is 10.8. The van der Waals surface area contributed by atoms with Gasteiger partial charge in [0.05, 0.1) is 0 Å². The first kappa shape index (κ1) is 10.7. The van der Waals surface area contributed by atoms with Crippen LogP contribution in [0.1, 0.15) is 6.42 Å². The number of nitrogens with two attached hydrogens (primary N) is 2. The summed E-state index contributed by atoms with van der Waals surface area (Å²) in [7, 11) is 0. The number of guanidine groups is 1. The molecule has 0 heterocycles. The third-order valence-corrected chi connectivity index (χ3v) is 1.13. The first-order valence-corrected chi connectivity index (χ1v) is 3.71. The summed E-state index contributed by atoms with van der Waals surface area (Å²) in [4.78, 5) is 10.8. The maximum Gasteiger partial charge on any atom is 0.221 e. The maximum absolute atomic E-state index is 10.8. The largest absolute Gasteiger partial charge is 0.370 e. The molecule has 0 aromatic heterocycles. The normalized spacial score (nSPS) is 9.08. The summed E-state index contributed by atoms with van der Waals surface area (Å²) in [6.07, 6.45) is 0.333. The average Bonchev–Trinajstić information content (AvgIpc) is 1.98. The molecule has 0 rings (SSSR count). The Morgan fingerprint density at radius 1 is 1.33 bits per heavy atom. The van der Waals surface area contributed by atoms with Gasteiger partial charge in [0.2, 0.25) is 5.91 Å². The van der Waals surface area contributed by atoms with E-state index >= 15 is 0 Å². The van der Waals surface area contributed by atoms with Gasteiger partial charge in [-0.2, -0.15) is 0 Å². The summed E-state index contributed by atoms with van der Waals surface area (Å²) in [6.45, 7) is 1.27. The van der Waals surface area contributed by atoms with E-state index < -0.39 is 0 Å². The second-order valence-corrected chi connectivity index (χ2v) is 2.23. The molecule has 0 radical (unpaired) electrons. The lowest BCUT2D eigenvalue weighted by Gasteiger charge is -2.04. The van der Waals surface area contributed by atoms with Crippen LogP contribution in [0.3, 0.4) is 0 Å². The lowest BCUT2D eigenvalue weighted by Crippen LogP contribution is -2.38. The fraction of sp³-hybridized carbons (Fsp3) is 0.667. The Morgan fingerprint density at radius 2 is 1.92 bits per heavy atom. The van der Waals surface area contributed by atoms with Gasteiger partial charge in [0, 0.05) is 26.1 Å². The van der Waals surface area contributed by atoms with E-state index in [0.29, 0.717) is 26.1 Å². The monoisotopic (exact) mass is 173 g/mol. The van der Waals surface area contributed by atoms with Crippen LogP contribution in [-0.4, -0.2) is 31.5 Å². The quantitative estimate of drug-likeness (QED) is 0.186. The number of amides is 1. The minimum absolute atomic E-state index is 0.0807. The lowest BCUT2D eigenvalue weighted by molar-refractivity contribution is -0.120. The van der Waals surface area contributed by atoms with E-state index in [1.807, 2.05) is 0 Å². The Balaban J connectivity index is 3.19. The lowest BCUT2D eigenvalue weighted by atomic mass is 10.4. The molecule has 12 heavy (non-hydrogen) atoms. The number of hydrogen-bond acceptors (Lipinski definition) is 3. The molecule has 0 saturated heterocycles. The molecule has 0 aliphatic heterocycles. The van der Waals surface area contributed by atoms with Crippen LogP contribution in [0.5, 0.6) is 0 Å². The summed E-state index contributed by atoms with van der Waals surface area (Å²) < 4.78 is 0. The zero-order chi connectivity index (χ0) is 9.40. The Labute approximate surface area is 71.2 Å². The van der Waals surface area contributed by atoms with E-state index in [4.69, 9.17) is 16.9 Å². The zero-order valence-electron chi connectivity index (χ0n) is 6.89. The molecular weight excluding hydrogens is 158 g/mol. The van der Waals surface area contributed by atoms with Crippen LogP contribution >= 0.6 is 0 Å². The minimum Gasteiger partial charge on any atom is -0.370 e. The van der Waals surface area contributed by atoms with Crippen LogP contribution in [-0.2, 0) is 4.79 Å². The van der Waals surface area contributed by atoms with Crippen LogP contribution in [0.2, 0.25) is 0 Å². The van der Waals surface area contributed by atoms with Crippen molar-refractivity contribution in [3.05, 3.63) is 0 Å². The van der Waals surface area contributed by atoms with Gasteiger partial charge in [0.1, 0.15) is 0 Å². The van der Waals surface area contributed by atoms with E-state index in [1.165, 1.54) is 0 Å². The molecule has 70 valence electrons. The highest BCUT2D eigenvalue weighted by Gasteiger charge is 1.96. The second kappa shape index (κ2) is 6.41. The zero-order valence-corrected chi connectivity index (χ0v) is 6.89. The topological polar surface area (TPSA) is 117 Å². The fourth-order valence-electron chi connectivity index (χ4n) is 0.619. The smallest absolute Gasteiger partial charge is 0.221 e. The minimum atomic E-state index is -0.0944. The summed E-state index contributed by atoms with van der Waals surface area (Å²) >= 11 is 0. The highest BCUT2D eigenvalue weighted by atomic mass is 16.1. The Hall–Kier alpha value is -1.30. The molecule has 0 bridgehead atoms. The van der Waals surface area contributed by atoms with Gasteiger partial charge in [0.25, 0.3) is 0 Å². The van der Waals surface area contributed by atoms with Crippen molar-refractivity contribution in [2.45, 2.75) is 6.42 Å². The molecule has 0 fully saturated rings. The Kier molecular flexibility index (Phi) is 5.72. The highest BCUT2D eigenvalue weighted by Crippen LogP contribution is 1.72. The predicted molar refractivity (Wildman–Crippen MR) is 46.6 cm³/mol. The van der Waals surface area contributed by atoms with Gasteiger partial charge in [-0.05, 0) is 0 Å². The van der Waals surface area contributed by atoms with Crippen LogP contribution in [0.25, 0.3) is 0 Å². The van der Waals surface area contributed by atoms with E-state index in [1.54, 1.807) is 0 Å². The van der Waals surface area contributed by atoms with Crippen molar-refractivity contribution in [2.24, 2.45) is 11.5 Å². The van der Waals surface area contributed by atoms with Gasteiger partial charge >= 0.3 is 0 Å². The van der Waals surface area contributed by atoms with E-state index in [0.717, 1.165) is 0 Å². The molecule has 0 saturated carbocycles. The highest BCUT2D eigenvalue weighted by molar-refractivity contribution is 5.76. The summed E-state index contributed by atoms with van der Waals surface area (Å²) in [6, 6.07) is 0. The van der Waals surface area contributed by atoms with Crippen molar-refractivity contribution in [2.75, 3.05) is 19.6 Å². The van der Waals surface area contributed by atoms with E-state index in [9.17, 15) is 4.79 Å². The molecule has 0 aromatic rings. The first-order chi connectivity index (χ1) is 5.66. The third-order valence-electron chi connectivity index (χ3n) is 1.13.